The number of aromatic nitrogens is 3. The lowest BCUT2D eigenvalue weighted by Gasteiger charge is -2.30. The lowest BCUT2D eigenvalue weighted by atomic mass is 10.3. The van der Waals surface area contributed by atoms with E-state index < -0.39 is 4.92 Å². The fraction of sp³-hybridized carbons (Fsp3) is 0.286. The molecule has 0 aliphatic carbocycles. The summed E-state index contributed by atoms with van der Waals surface area (Å²) in [6, 6.07) is 7.17. The van der Waals surface area contributed by atoms with Gasteiger partial charge in [-0.2, -0.15) is 4.68 Å². The first kappa shape index (κ1) is 18.1. The average molecular weight is 449 g/mol. The van der Waals surface area contributed by atoms with Gasteiger partial charge in [0.05, 0.1) is 23.7 Å². The lowest BCUT2D eigenvalue weighted by Crippen LogP contribution is -2.38. The van der Waals surface area contributed by atoms with Crippen molar-refractivity contribution in [2.24, 2.45) is 0 Å². The first-order chi connectivity index (χ1) is 12.0. The third kappa shape index (κ3) is 3.64. The lowest BCUT2D eigenvalue weighted by molar-refractivity contribution is -0.419. The minimum atomic E-state index is -0.576. The molecule has 1 aromatic heterocycles. The van der Waals surface area contributed by atoms with Gasteiger partial charge in [0.2, 0.25) is 5.82 Å². The van der Waals surface area contributed by atoms with Crippen LogP contribution >= 0.6 is 39.1 Å². The van der Waals surface area contributed by atoms with Crippen molar-refractivity contribution in [1.29, 1.82) is 0 Å². The number of ether oxygens (including phenoxy) is 1. The molecule has 0 spiro atoms. The molecule has 0 atom stereocenters. The highest BCUT2D eigenvalue weighted by atomic mass is 79.9. The summed E-state index contributed by atoms with van der Waals surface area (Å²) in [7, 11) is 0. The number of fused-ring (bicyclic) bond motifs is 1. The number of hydrogen-bond acceptors (Lipinski definition) is 6. The Balaban J connectivity index is 2.30. The van der Waals surface area contributed by atoms with Crippen molar-refractivity contribution in [1.82, 2.24) is 19.9 Å². The van der Waals surface area contributed by atoms with Gasteiger partial charge in [-0.1, -0.05) is 40.5 Å². The van der Waals surface area contributed by atoms with Gasteiger partial charge in [-0.25, -0.2) is 0 Å². The number of para-hydroxylation sites is 1. The van der Waals surface area contributed by atoms with Crippen LogP contribution in [0.15, 0.2) is 38.9 Å². The van der Waals surface area contributed by atoms with E-state index in [0.29, 0.717) is 37.3 Å². The minimum Gasteiger partial charge on any atom is -0.378 e. The number of rotatable bonds is 4. The number of benzene rings is 1. The van der Waals surface area contributed by atoms with Crippen LogP contribution in [0.2, 0.25) is 0 Å². The average Bonchev–Trinajstić information content (AvgIpc) is 3.03. The highest BCUT2D eigenvalue weighted by Gasteiger charge is 2.32. The molecule has 1 aliphatic rings. The van der Waals surface area contributed by atoms with Crippen LogP contribution in [0, 0.1) is 10.1 Å². The Morgan fingerprint density at radius 3 is 2.60 bits per heavy atom. The quantitative estimate of drug-likeness (QED) is 0.405. The molecule has 2 heterocycles. The molecular formula is C14H12BrCl2N5O3. The van der Waals surface area contributed by atoms with Crippen LogP contribution in [0.3, 0.4) is 0 Å². The number of morpholine rings is 1. The van der Waals surface area contributed by atoms with E-state index in [1.54, 1.807) is 23.1 Å². The Morgan fingerprint density at radius 1 is 1.28 bits per heavy atom. The maximum atomic E-state index is 11.8. The van der Waals surface area contributed by atoms with E-state index in [4.69, 9.17) is 27.9 Å². The molecule has 132 valence electrons. The van der Waals surface area contributed by atoms with Gasteiger partial charge < -0.3 is 9.64 Å². The topological polar surface area (TPSA) is 86.3 Å². The zero-order valence-corrected chi connectivity index (χ0v) is 15.8. The van der Waals surface area contributed by atoms with Gasteiger partial charge in [0.1, 0.15) is 14.5 Å². The molecule has 1 aromatic carbocycles. The van der Waals surface area contributed by atoms with Gasteiger partial charge in [0, 0.05) is 13.1 Å². The predicted octanol–water partition coefficient (Wildman–Crippen LogP) is 3.21. The molecule has 3 rings (SSSR count). The predicted molar refractivity (Wildman–Crippen MR) is 97.8 cm³/mol. The van der Waals surface area contributed by atoms with E-state index in [1.807, 2.05) is 6.07 Å². The van der Waals surface area contributed by atoms with Crippen molar-refractivity contribution in [2.45, 2.75) is 0 Å². The summed E-state index contributed by atoms with van der Waals surface area (Å²) in [6.45, 7) is 1.77. The third-order valence-electron chi connectivity index (χ3n) is 3.63. The molecule has 11 heteroatoms. The Hall–Kier alpha value is -1.68. The zero-order valence-electron chi connectivity index (χ0n) is 12.7. The van der Waals surface area contributed by atoms with Gasteiger partial charge in [-0.05, 0) is 28.1 Å². The van der Waals surface area contributed by atoms with Gasteiger partial charge in [-0.3, -0.25) is 10.1 Å². The first-order valence-electron chi connectivity index (χ1n) is 7.24. The van der Waals surface area contributed by atoms with E-state index >= 15 is 0 Å². The summed E-state index contributed by atoms with van der Waals surface area (Å²) in [5.41, 5.74) is 0.876. The van der Waals surface area contributed by atoms with E-state index in [1.165, 1.54) is 4.68 Å². The molecule has 0 unspecified atom stereocenters. The molecule has 0 bridgehead atoms. The van der Waals surface area contributed by atoms with Crippen LogP contribution in [0.5, 0.6) is 0 Å². The van der Waals surface area contributed by atoms with Crippen LogP contribution < -0.4 is 0 Å². The molecular weight excluding hydrogens is 437 g/mol. The fourth-order valence-electron chi connectivity index (χ4n) is 2.53. The van der Waals surface area contributed by atoms with Crippen molar-refractivity contribution in [3.8, 4) is 0 Å². The number of nitrogens with zero attached hydrogens (tertiary/aromatic N) is 5. The van der Waals surface area contributed by atoms with Crippen LogP contribution in [0.25, 0.3) is 16.9 Å². The normalized spacial score (nSPS) is 17.3. The van der Waals surface area contributed by atoms with Crippen molar-refractivity contribution < 1.29 is 9.66 Å². The minimum absolute atomic E-state index is 0.0592. The molecule has 0 N–H and O–H groups in total. The highest BCUT2D eigenvalue weighted by molar-refractivity contribution is 9.12. The first-order valence-corrected chi connectivity index (χ1v) is 8.79. The number of allylic oxidation sites excluding steroid dienone is 1. The second kappa shape index (κ2) is 7.69. The summed E-state index contributed by atoms with van der Waals surface area (Å²) >= 11 is 15.0. The van der Waals surface area contributed by atoms with Gasteiger partial charge in [0.15, 0.2) is 0 Å². The van der Waals surface area contributed by atoms with E-state index in [9.17, 15) is 10.1 Å². The van der Waals surface area contributed by atoms with Crippen molar-refractivity contribution >= 4 is 56.0 Å². The largest absolute Gasteiger partial charge is 0.378 e. The Kier molecular flexibility index (Phi) is 5.57. The molecule has 1 aliphatic heterocycles. The monoisotopic (exact) mass is 447 g/mol. The second-order valence-electron chi connectivity index (χ2n) is 5.09. The molecule has 25 heavy (non-hydrogen) atoms. The zero-order chi connectivity index (χ0) is 18.0. The standard InChI is InChI=1S/C14H12BrCl2N5O3/c15-13(17)11(16)12(22(23)24)14(20-5-7-25-8-6-20)21-10-4-2-1-3-9(10)18-19-21/h1-4H,5-8H2/b13-11+,14-12+. The maximum absolute atomic E-state index is 11.8. The summed E-state index contributed by atoms with van der Waals surface area (Å²) < 4.78 is 6.69. The van der Waals surface area contributed by atoms with Gasteiger partial charge in [0.25, 0.3) is 0 Å². The molecule has 8 nitrogen and oxygen atoms in total. The maximum Gasteiger partial charge on any atom is 0.332 e. The molecule has 1 saturated heterocycles. The van der Waals surface area contributed by atoms with E-state index in [-0.39, 0.29) is 20.5 Å². The number of halogens is 3. The van der Waals surface area contributed by atoms with Crippen molar-refractivity contribution in [2.75, 3.05) is 26.3 Å². The summed E-state index contributed by atoms with van der Waals surface area (Å²) in [4.78, 5) is 13.0. The third-order valence-corrected chi connectivity index (χ3v) is 4.91. The molecule has 2 aromatic rings. The number of nitro groups is 1. The van der Waals surface area contributed by atoms with Gasteiger partial charge >= 0.3 is 5.70 Å². The van der Waals surface area contributed by atoms with Crippen LogP contribution in [-0.2, 0) is 4.74 Å². The SMILES string of the molecule is O=[N+]([O-])C(/C(Cl)=C(\Cl)Br)=C(\N1CCOCC1)n1nnc2ccccc21. The van der Waals surface area contributed by atoms with E-state index in [2.05, 4.69) is 26.2 Å². The fourth-order valence-corrected chi connectivity index (χ4v) is 2.96. The summed E-state index contributed by atoms with van der Waals surface area (Å²) in [5, 5.41) is 19.7. The smallest absolute Gasteiger partial charge is 0.332 e. The number of hydrogen-bond donors (Lipinski definition) is 0. The molecule has 0 amide bonds. The second-order valence-corrected chi connectivity index (χ2v) is 7.10. The molecule has 0 radical (unpaired) electrons. The summed E-state index contributed by atoms with van der Waals surface area (Å²) in [5.74, 6) is 0.199. The molecule has 0 saturated carbocycles. The van der Waals surface area contributed by atoms with Gasteiger partial charge in [-0.15, -0.1) is 5.10 Å². The Labute approximate surface area is 160 Å². The van der Waals surface area contributed by atoms with Crippen molar-refractivity contribution in [3.63, 3.8) is 0 Å². The Morgan fingerprint density at radius 2 is 1.96 bits per heavy atom. The highest BCUT2D eigenvalue weighted by Crippen LogP contribution is 2.33. The van der Waals surface area contributed by atoms with Crippen molar-refractivity contribution in [3.05, 3.63) is 49.1 Å². The van der Waals surface area contributed by atoms with E-state index in [0.717, 1.165) is 0 Å². The Bertz CT molecular complexity index is 872. The summed E-state index contributed by atoms with van der Waals surface area (Å²) in [6.07, 6.45) is 0. The molecule has 1 fully saturated rings. The van der Waals surface area contributed by atoms with Crippen LogP contribution in [-0.4, -0.2) is 51.1 Å². The van der Waals surface area contributed by atoms with Crippen LogP contribution in [0.4, 0.5) is 0 Å². The van der Waals surface area contributed by atoms with Crippen LogP contribution in [0.1, 0.15) is 0 Å².